The molecule has 0 saturated heterocycles. The third-order valence-electron chi connectivity index (χ3n) is 3.10. The van der Waals surface area contributed by atoms with Gasteiger partial charge in [0.25, 0.3) is 0 Å². The summed E-state index contributed by atoms with van der Waals surface area (Å²) in [5.74, 6) is -0.199. The predicted molar refractivity (Wildman–Crippen MR) is 58.9 cm³/mol. The highest BCUT2D eigenvalue weighted by Crippen LogP contribution is 2.25. The van der Waals surface area contributed by atoms with Gasteiger partial charge in [0.15, 0.2) is 6.10 Å². The Balaban J connectivity index is 2.20. The van der Waals surface area contributed by atoms with E-state index in [9.17, 15) is 4.79 Å². The van der Waals surface area contributed by atoms with Crippen LogP contribution in [0.2, 0.25) is 0 Å². The zero-order valence-electron chi connectivity index (χ0n) is 9.58. The van der Waals surface area contributed by atoms with Crippen LogP contribution in [0.4, 0.5) is 0 Å². The second-order valence-corrected chi connectivity index (χ2v) is 4.45. The molecule has 0 spiro atoms. The summed E-state index contributed by atoms with van der Waals surface area (Å²) in [6.07, 6.45) is 7.00. The van der Waals surface area contributed by atoms with E-state index in [1.807, 2.05) is 0 Å². The molecular formula is C12H22O3. The van der Waals surface area contributed by atoms with E-state index in [0.29, 0.717) is 18.9 Å². The summed E-state index contributed by atoms with van der Waals surface area (Å²) in [4.78, 5) is 10.9. The summed E-state index contributed by atoms with van der Waals surface area (Å²) in [7, 11) is 0. The number of hydrogen-bond acceptors (Lipinski definition) is 2. The number of carboxylic acids is 1. The fraction of sp³-hybridized carbons (Fsp3) is 0.917. The first-order valence-corrected chi connectivity index (χ1v) is 6.08. The maximum atomic E-state index is 10.9. The Morgan fingerprint density at radius 3 is 2.67 bits per heavy atom. The molecule has 1 aliphatic carbocycles. The molecule has 1 atom stereocenters. The van der Waals surface area contributed by atoms with Gasteiger partial charge in [-0.05, 0) is 25.2 Å². The smallest absolute Gasteiger partial charge is 0.332 e. The van der Waals surface area contributed by atoms with Gasteiger partial charge < -0.3 is 9.84 Å². The first-order valence-electron chi connectivity index (χ1n) is 6.08. The average Bonchev–Trinajstić information content (AvgIpc) is 2.70. The van der Waals surface area contributed by atoms with Crippen LogP contribution in [0.25, 0.3) is 0 Å². The summed E-state index contributed by atoms with van der Waals surface area (Å²) < 4.78 is 5.49. The lowest BCUT2D eigenvalue weighted by Gasteiger charge is -2.16. The van der Waals surface area contributed by atoms with E-state index in [0.717, 1.165) is 12.8 Å². The lowest BCUT2D eigenvalue weighted by molar-refractivity contribution is -0.151. The highest BCUT2D eigenvalue weighted by atomic mass is 16.5. The van der Waals surface area contributed by atoms with E-state index in [-0.39, 0.29) is 0 Å². The molecule has 0 heterocycles. The maximum absolute atomic E-state index is 10.9. The molecule has 15 heavy (non-hydrogen) atoms. The van der Waals surface area contributed by atoms with Gasteiger partial charge in [0.2, 0.25) is 0 Å². The van der Waals surface area contributed by atoms with Crippen molar-refractivity contribution in [3.05, 3.63) is 0 Å². The van der Waals surface area contributed by atoms with E-state index in [4.69, 9.17) is 9.84 Å². The van der Waals surface area contributed by atoms with Gasteiger partial charge >= 0.3 is 5.97 Å². The number of aliphatic carboxylic acids is 1. The van der Waals surface area contributed by atoms with Crippen molar-refractivity contribution in [1.29, 1.82) is 0 Å². The molecule has 1 unspecified atom stereocenters. The van der Waals surface area contributed by atoms with Crippen molar-refractivity contribution in [1.82, 2.24) is 0 Å². The van der Waals surface area contributed by atoms with Crippen LogP contribution >= 0.6 is 0 Å². The zero-order valence-corrected chi connectivity index (χ0v) is 9.58. The van der Waals surface area contributed by atoms with Crippen LogP contribution in [0.1, 0.15) is 51.9 Å². The quantitative estimate of drug-likeness (QED) is 0.708. The maximum Gasteiger partial charge on any atom is 0.332 e. The summed E-state index contributed by atoms with van der Waals surface area (Å²) >= 11 is 0. The molecule has 1 saturated carbocycles. The van der Waals surface area contributed by atoms with Crippen LogP contribution in [-0.4, -0.2) is 23.8 Å². The van der Waals surface area contributed by atoms with Gasteiger partial charge in [0.05, 0.1) is 6.61 Å². The highest BCUT2D eigenvalue weighted by molar-refractivity contribution is 5.72. The SMILES string of the molecule is CCCCC(OCC1CCCC1)C(=O)O. The molecule has 0 bridgehead atoms. The van der Waals surface area contributed by atoms with Gasteiger partial charge in [-0.2, -0.15) is 0 Å². The molecule has 88 valence electrons. The minimum atomic E-state index is -0.804. The summed E-state index contributed by atoms with van der Waals surface area (Å²) in [6.45, 7) is 2.70. The van der Waals surface area contributed by atoms with E-state index < -0.39 is 12.1 Å². The Bertz CT molecular complexity index is 185. The zero-order chi connectivity index (χ0) is 11.1. The van der Waals surface area contributed by atoms with E-state index in [1.54, 1.807) is 0 Å². The van der Waals surface area contributed by atoms with Crippen molar-refractivity contribution in [2.75, 3.05) is 6.61 Å². The Morgan fingerprint density at radius 2 is 2.13 bits per heavy atom. The molecule has 0 aromatic rings. The molecule has 0 radical (unpaired) electrons. The lowest BCUT2D eigenvalue weighted by atomic mass is 10.1. The largest absolute Gasteiger partial charge is 0.479 e. The van der Waals surface area contributed by atoms with Gasteiger partial charge in [-0.3, -0.25) is 0 Å². The molecule has 1 rings (SSSR count). The molecular weight excluding hydrogens is 192 g/mol. The van der Waals surface area contributed by atoms with Crippen LogP contribution in [0, 0.1) is 5.92 Å². The predicted octanol–water partition coefficient (Wildman–Crippen LogP) is 2.84. The number of ether oxygens (including phenoxy) is 1. The van der Waals surface area contributed by atoms with Crippen LogP contribution in [0.3, 0.4) is 0 Å². The van der Waals surface area contributed by atoms with Crippen molar-refractivity contribution >= 4 is 5.97 Å². The second-order valence-electron chi connectivity index (χ2n) is 4.45. The summed E-state index contributed by atoms with van der Waals surface area (Å²) in [6, 6.07) is 0. The number of hydrogen-bond donors (Lipinski definition) is 1. The topological polar surface area (TPSA) is 46.5 Å². The molecule has 1 aliphatic rings. The molecule has 0 aromatic heterocycles. The molecule has 0 amide bonds. The monoisotopic (exact) mass is 214 g/mol. The van der Waals surface area contributed by atoms with Crippen molar-refractivity contribution in [3.8, 4) is 0 Å². The highest BCUT2D eigenvalue weighted by Gasteiger charge is 2.21. The van der Waals surface area contributed by atoms with Crippen molar-refractivity contribution in [3.63, 3.8) is 0 Å². The van der Waals surface area contributed by atoms with Gasteiger partial charge in [0, 0.05) is 0 Å². The fourth-order valence-corrected chi connectivity index (χ4v) is 2.10. The number of carboxylic acid groups (broad SMARTS) is 1. The van der Waals surface area contributed by atoms with Gasteiger partial charge in [0.1, 0.15) is 0 Å². The Hall–Kier alpha value is -0.570. The molecule has 0 aliphatic heterocycles. The van der Waals surface area contributed by atoms with Gasteiger partial charge in [-0.25, -0.2) is 4.79 Å². The van der Waals surface area contributed by atoms with Crippen molar-refractivity contribution in [2.45, 2.75) is 58.0 Å². The fourth-order valence-electron chi connectivity index (χ4n) is 2.10. The second kappa shape index (κ2) is 6.83. The molecule has 3 nitrogen and oxygen atoms in total. The molecule has 1 fully saturated rings. The third kappa shape index (κ3) is 4.65. The van der Waals surface area contributed by atoms with Crippen LogP contribution < -0.4 is 0 Å². The van der Waals surface area contributed by atoms with E-state index in [2.05, 4.69) is 6.92 Å². The first kappa shape index (κ1) is 12.5. The lowest BCUT2D eigenvalue weighted by Crippen LogP contribution is -2.26. The van der Waals surface area contributed by atoms with Crippen LogP contribution in [0.15, 0.2) is 0 Å². The van der Waals surface area contributed by atoms with Crippen LogP contribution in [-0.2, 0) is 9.53 Å². The number of rotatable bonds is 7. The molecule has 1 N–H and O–H groups in total. The van der Waals surface area contributed by atoms with Gasteiger partial charge in [-0.15, -0.1) is 0 Å². The Labute approximate surface area is 91.8 Å². The Morgan fingerprint density at radius 1 is 1.47 bits per heavy atom. The third-order valence-corrected chi connectivity index (χ3v) is 3.10. The first-order chi connectivity index (χ1) is 7.24. The van der Waals surface area contributed by atoms with Crippen LogP contribution in [0.5, 0.6) is 0 Å². The minimum Gasteiger partial charge on any atom is -0.479 e. The number of carbonyl (C=O) groups is 1. The standard InChI is InChI=1S/C12H22O3/c1-2-3-8-11(12(13)14)15-9-10-6-4-5-7-10/h10-11H,2-9H2,1H3,(H,13,14). The Kier molecular flexibility index (Phi) is 5.69. The molecule has 0 aromatic carbocycles. The molecule has 3 heteroatoms. The minimum absolute atomic E-state index is 0.578. The average molecular weight is 214 g/mol. The van der Waals surface area contributed by atoms with E-state index in [1.165, 1.54) is 25.7 Å². The van der Waals surface area contributed by atoms with Crippen molar-refractivity contribution in [2.24, 2.45) is 5.92 Å². The summed E-state index contributed by atoms with van der Waals surface area (Å²) in [5, 5.41) is 8.95. The summed E-state index contributed by atoms with van der Waals surface area (Å²) in [5.41, 5.74) is 0. The van der Waals surface area contributed by atoms with Crippen molar-refractivity contribution < 1.29 is 14.6 Å². The number of unbranched alkanes of at least 4 members (excludes halogenated alkanes) is 1. The van der Waals surface area contributed by atoms with E-state index >= 15 is 0 Å². The van der Waals surface area contributed by atoms with Gasteiger partial charge in [-0.1, -0.05) is 32.6 Å². The normalized spacial score (nSPS) is 19.3.